The average molecular weight is 391 g/mol. The lowest BCUT2D eigenvalue weighted by molar-refractivity contribution is -0.144. The predicted molar refractivity (Wildman–Crippen MR) is 109 cm³/mol. The lowest BCUT2D eigenvalue weighted by atomic mass is 9.76. The third-order valence-electron chi connectivity index (χ3n) is 6.42. The molecule has 1 aromatic carbocycles. The number of hydrogen-bond acceptors (Lipinski definition) is 5. The minimum absolute atomic E-state index is 0.0813. The molecule has 3 aliphatic rings. The summed E-state index contributed by atoms with van der Waals surface area (Å²) in [5.41, 5.74) is 1.54. The maximum absolute atomic E-state index is 13.1. The van der Waals surface area contributed by atoms with E-state index in [1.54, 1.807) is 18.5 Å². The summed E-state index contributed by atoms with van der Waals surface area (Å²) < 4.78 is 0. The van der Waals surface area contributed by atoms with Gasteiger partial charge >= 0.3 is 0 Å². The van der Waals surface area contributed by atoms with Crippen LogP contribution in [0.1, 0.15) is 36.0 Å². The van der Waals surface area contributed by atoms with E-state index in [-0.39, 0.29) is 5.91 Å². The molecule has 150 valence electrons. The van der Waals surface area contributed by atoms with Crippen LogP contribution < -0.4 is 5.32 Å². The number of anilines is 2. The van der Waals surface area contributed by atoms with E-state index in [9.17, 15) is 9.59 Å². The summed E-state index contributed by atoms with van der Waals surface area (Å²) in [5.74, 6) is 1.72. The van der Waals surface area contributed by atoms with Crippen LogP contribution in [0.15, 0.2) is 42.7 Å². The van der Waals surface area contributed by atoms with Crippen molar-refractivity contribution >= 4 is 23.5 Å². The Hall–Kier alpha value is -2.96. The Bertz CT molecular complexity index is 901. The zero-order valence-corrected chi connectivity index (χ0v) is 16.3. The van der Waals surface area contributed by atoms with Gasteiger partial charge in [0.05, 0.1) is 0 Å². The topological polar surface area (TPSA) is 78.4 Å². The monoisotopic (exact) mass is 391 g/mol. The van der Waals surface area contributed by atoms with Gasteiger partial charge < -0.3 is 15.1 Å². The van der Waals surface area contributed by atoms with Gasteiger partial charge in [0.2, 0.25) is 11.9 Å². The molecule has 7 heteroatoms. The standard InChI is InChI=1S/C22H25N5O2/c28-20-4-1-3-19-17-11-15(13-27(19)20)12-26(14-17)21(29)16-5-7-18(8-6-16)25-22-23-9-2-10-24-22/h2,5-10,15,17,19H,1,3-4,11-14H2,(H,23,24,25)/t15-,17-,19?/m0/s1. The van der Waals surface area contributed by atoms with E-state index in [1.165, 1.54) is 0 Å². The molecule has 0 spiro atoms. The Labute approximate surface area is 170 Å². The largest absolute Gasteiger partial charge is 0.339 e. The maximum Gasteiger partial charge on any atom is 0.253 e. The van der Waals surface area contributed by atoms with Gasteiger partial charge in [0.15, 0.2) is 0 Å². The fourth-order valence-corrected chi connectivity index (χ4v) is 5.15. The van der Waals surface area contributed by atoms with Crippen LogP contribution in [-0.2, 0) is 4.79 Å². The second kappa shape index (κ2) is 7.46. The second-order valence-electron chi connectivity index (χ2n) is 8.35. The minimum atomic E-state index is 0.0813. The normalized spacial score (nSPS) is 26.1. The Balaban J connectivity index is 1.27. The molecular weight excluding hydrogens is 366 g/mol. The summed E-state index contributed by atoms with van der Waals surface area (Å²) in [6, 6.07) is 9.57. The van der Waals surface area contributed by atoms with Gasteiger partial charge in [-0.15, -0.1) is 0 Å². The Morgan fingerprint density at radius 3 is 2.66 bits per heavy atom. The van der Waals surface area contributed by atoms with Crippen LogP contribution in [0.25, 0.3) is 0 Å². The van der Waals surface area contributed by atoms with Crippen LogP contribution in [0.2, 0.25) is 0 Å². The van der Waals surface area contributed by atoms with Crippen molar-refractivity contribution in [2.75, 3.05) is 25.0 Å². The summed E-state index contributed by atoms with van der Waals surface area (Å²) in [6.07, 6.45) is 7.25. The molecular formula is C22H25N5O2. The van der Waals surface area contributed by atoms with Crippen LogP contribution in [0.5, 0.6) is 0 Å². The first-order valence-electron chi connectivity index (χ1n) is 10.4. The van der Waals surface area contributed by atoms with Gasteiger partial charge in [-0.3, -0.25) is 9.59 Å². The molecule has 3 fully saturated rings. The number of nitrogens with one attached hydrogen (secondary N) is 1. The van der Waals surface area contributed by atoms with Gasteiger partial charge in [-0.1, -0.05) is 0 Å². The molecule has 0 aliphatic carbocycles. The molecule has 1 aromatic heterocycles. The van der Waals surface area contributed by atoms with Crippen molar-refractivity contribution in [3.8, 4) is 0 Å². The number of fused-ring (bicyclic) bond motifs is 4. The van der Waals surface area contributed by atoms with Crippen molar-refractivity contribution in [2.24, 2.45) is 11.8 Å². The molecule has 3 aliphatic heterocycles. The summed E-state index contributed by atoms with van der Waals surface area (Å²) in [7, 11) is 0. The molecule has 0 radical (unpaired) electrons. The highest BCUT2D eigenvalue weighted by atomic mass is 16.2. The van der Waals surface area contributed by atoms with Crippen LogP contribution in [0.3, 0.4) is 0 Å². The molecule has 2 aromatic rings. The third kappa shape index (κ3) is 3.57. The van der Waals surface area contributed by atoms with Crippen LogP contribution >= 0.6 is 0 Å². The number of piperidine rings is 3. The maximum atomic E-state index is 13.1. The van der Waals surface area contributed by atoms with E-state index in [1.807, 2.05) is 29.2 Å². The number of nitrogens with zero attached hydrogens (tertiary/aromatic N) is 4. The summed E-state index contributed by atoms with van der Waals surface area (Å²) >= 11 is 0. The highest BCUT2D eigenvalue weighted by Crippen LogP contribution is 2.38. The number of amides is 2. The molecule has 5 rings (SSSR count). The molecule has 1 unspecified atom stereocenters. The highest BCUT2D eigenvalue weighted by molar-refractivity contribution is 5.94. The van der Waals surface area contributed by atoms with Gasteiger partial charge in [0.25, 0.3) is 5.91 Å². The molecule has 29 heavy (non-hydrogen) atoms. The van der Waals surface area contributed by atoms with E-state index >= 15 is 0 Å². The van der Waals surface area contributed by atoms with E-state index < -0.39 is 0 Å². The van der Waals surface area contributed by atoms with Gasteiger partial charge in [-0.05, 0) is 61.4 Å². The first-order valence-corrected chi connectivity index (χ1v) is 10.4. The number of rotatable bonds is 3. The fourth-order valence-electron chi connectivity index (χ4n) is 5.15. The van der Waals surface area contributed by atoms with Gasteiger partial charge in [0.1, 0.15) is 0 Å². The lowest BCUT2D eigenvalue weighted by Gasteiger charge is -2.52. The molecule has 1 N–H and O–H groups in total. The molecule has 3 atom stereocenters. The van der Waals surface area contributed by atoms with Crippen molar-refractivity contribution < 1.29 is 9.59 Å². The quantitative estimate of drug-likeness (QED) is 0.870. The van der Waals surface area contributed by atoms with Crippen molar-refractivity contribution in [3.63, 3.8) is 0 Å². The Morgan fingerprint density at radius 2 is 1.86 bits per heavy atom. The molecule has 2 bridgehead atoms. The minimum Gasteiger partial charge on any atom is -0.339 e. The first-order chi connectivity index (χ1) is 14.2. The van der Waals surface area contributed by atoms with Crippen molar-refractivity contribution in [1.29, 1.82) is 0 Å². The van der Waals surface area contributed by atoms with E-state index in [0.717, 1.165) is 44.6 Å². The third-order valence-corrected chi connectivity index (χ3v) is 6.42. The molecule has 4 heterocycles. The number of carbonyl (C=O) groups is 2. The van der Waals surface area contributed by atoms with E-state index in [0.29, 0.717) is 41.7 Å². The van der Waals surface area contributed by atoms with Crippen LogP contribution in [0, 0.1) is 11.8 Å². The predicted octanol–water partition coefficient (Wildman–Crippen LogP) is 2.69. The first kappa shape index (κ1) is 18.1. The van der Waals surface area contributed by atoms with Crippen molar-refractivity contribution in [2.45, 2.75) is 31.7 Å². The average Bonchev–Trinajstić information content (AvgIpc) is 2.75. The zero-order valence-electron chi connectivity index (χ0n) is 16.3. The summed E-state index contributed by atoms with van der Waals surface area (Å²) in [5, 5.41) is 3.13. The Morgan fingerprint density at radius 1 is 1.07 bits per heavy atom. The smallest absolute Gasteiger partial charge is 0.253 e. The molecule has 0 saturated carbocycles. The summed E-state index contributed by atoms with van der Waals surface area (Å²) in [4.78, 5) is 37.8. The zero-order chi connectivity index (χ0) is 19.8. The van der Waals surface area contributed by atoms with E-state index in [2.05, 4.69) is 20.2 Å². The SMILES string of the molecule is O=C(c1ccc(Nc2ncccn2)cc1)N1C[C@@H]2C[C@@H](C1)C1CCCC(=O)N1C2. The number of hydrogen-bond donors (Lipinski definition) is 1. The number of likely N-dealkylation sites (tertiary alicyclic amines) is 1. The lowest BCUT2D eigenvalue weighted by Crippen LogP contribution is -2.61. The highest BCUT2D eigenvalue weighted by Gasteiger charge is 2.44. The van der Waals surface area contributed by atoms with Gasteiger partial charge in [0, 0.05) is 55.7 Å². The number of benzene rings is 1. The van der Waals surface area contributed by atoms with Gasteiger partial charge in [-0.2, -0.15) is 0 Å². The number of aromatic nitrogens is 2. The molecule has 2 amide bonds. The molecule has 3 saturated heterocycles. The van der Waals surface area contributed by atoms with E-state index in [4.69, 9.17) is 0 Å². The van der Waals surface area contributed by atoms with Crippen LogP contribution in [0.4, 0.5) is 11.6 Å². The summed E-state index contributed by atoms with van der Waals surface area (Å²) in [6.45, 7) is 2.30. The second-order valence-corrected chi connectivity index (χ2v) is 8.35. The van der Waals surface area contributed by atoms with Crippen molar-refractivity contribution in [1.82, 2.24) is 19.8 Å². The number of carbonyl (C=O) groups excluding carboxylic acids is 2. The Kier molecular flexibility index (Phi) is 4.66. The molecule has 7 nitrogen and oxygen atoms in total. The van der Waals surface area contributed by atoms with Crippen LogP contribution in [-0.4, -0.2) is 57.3 Å². The van der Waals surface area contributed by atoms with Gasteiger partial charge in [-0.25, -0.2) is 9.97 Å². The van der Waals surface area contributed by atoms with Crippen molar-refractivity contribution in [3.05, 3.63) is 48.3 Å². The fraction of sp³-hybridized carbons (Fsp3) is 0.455.